The number of hydrogen-bond donors (Lipinski definition) is 1. The van der Waals surface area contributed by atoms with Crippen molar-refractivity contribution >= 4 is 5.69 Å². The summed E-state index contributed by atoms with van der Waals surface area (Å²) in [6.07, 6.45) is 4.13. The second-order valence-corrected chi connectivity index (χ2v) is 6.27. The molecule has 1 aliphatic carbocycles. The Morgan fingerprint density at radius 2 is 2.20 bits per heavy atom. The van der Waals surface area contributed by atoms with Gasteiger partial charge < -0.3 is 15.0 Å². The maximum absolute atomic E-state index is 5.77. The van der Waals surface area contributed by atoms with E-state index in [9.17, 15) is 0 Å². The van der Waals surface area contributed by atoms with Gasteiger partial charge in [0, 0.05) is 38.0 Å². The SMILES string of the molecule is Cc1ccc(N2CCCOC(C)C2)c(CNC2CC2)c1. The Kier molecular flexibility index (Phi) is 4.27. The molecular weight excluding hydrogens is 248 g/mol. The third-order valence-corrected chi connectivity index (χ3v) is 4.19. The van der Waals surface area contributed by atoms with Crippen molar-refractivity contribution in [2.75, 3.05) is 24.6 Å². The van der Waals surface area contributed by atoms with E-state index in [0.717, 1.165) is 38.7 Å². The van der Waals surface area contributed by atoms with Crippen LogP contribution in [0.15, 0.2) is 18.2 Å². The van der Waals surface area contributed by atoms with Crippen molar-refractivity contribution in [1.82, 2.24) is 5.32 Å². The van der Waals surface area contributed by atoms with E-state index in [1.807, 2.05) is 0 Å². The van der Waals surface area contributed by atoms with Crippen molar-refractivity contribution in [1.29, 1.82) is 0 Å². The number of rotatable bonds is 4. The summed E-state index contributed by atoms with van der Waals surface area (Å²) in [6.45, 7) is 8.34. The molecule has 1 heterocycles. The van der Waals surface area contributed by atoms with Crippen LogP contribution in [0.2, 0.25) is 0 Å². The molecule has 0 aromatic heterocycles. The molecule has 0 radical (unpaired) electrons. The Bertz CT molecular complexity index is 456. The van der Waals surface area contributed by atoms with E-state index >= 15 is 0 Å². The molecule has 2 aliphatic rings. The van der Waals surface area contributed by atoms with E-state index in [1.165, 1.54) is 29.7 Å². The largest absolute Gasteiger partial charge is 0.377 e. The molecule has 1 N–H and O–H groups in total. The summed E-state index contributed by atoms with van der Waals surface area (Å²) in [5.41, 5.74) is 4.17. The molecule has 0 spiro atoms. The van der Waals surface area contributed by atoms with Gasteiger partial charge in [0.2, 0.25) is 0 Å². The lowest BCUT2D eigenvalue weighted by atomic mass is 10.1. The van der Waals surface area contributed by atoms with Crippen molar-refractivity contribution in [2.24, 2.45) is 0 Å². The summed E-state index contributed by atoms with van der Waals surface area (Å²) in [5, 5.41) is 3.65. The Morgan fingerprint density at radius 3 is 3.00 bits per heavy atom. The van der Waals surface area contributed by atoms with Crippen LogP contribution >= 0.6 is 0 Å². The maximum Gasteiger partial charge on any atom is 0.0721 e. The fraction of sp³-hybridized carbons (Fsp3) is 0.647. The van der Waals surface area contributed by atoms with Crippen LogP contribution in [-0.4, -0.2) is 31.8 Å². The molecule has 0 amide bonds. The molecule has 1 aromatic carbocycles. The molecule has 110 valence electrons. The van der Waals surface area contributed by atoms with E-state index in [-0.39, 0.29) is 0 Å². The van der Waals surface area contributed by atoms with Crippen LogP contribution in [0, 0.1) is 6.92 Å². The van der Waals surface area contributed by atoms with Gasteiger partial charge in [-0.1, -0.05) is 17.7 Å². The zero-order valence-corrected chi connectivity index (χ0v) is 12.7. The standard InChI is InChI=1S/C17H26N2O/c1-13-4-7-17(15(10-13)11-18-16-5-6-16)19-8-3-9-20-14(2)12-19/h4,7,10,14,16,18H,3,5-6,8-9,11-12H2,1-2H3. The Morgan fingerprint density at radius 1 is 1.35 bits per heavy atom. The summed E-state index contributed by atoms with van der Waals surface area (Å²) in [5.74, 6) is 0. The Hall–Kier alpha value is -1.06. The molecular formula is C17H26N2O. The third-order valence-electron chi connectivity index (χ3n) is 4.19. The van der Waals surface area contributed by atoms with Crippen LogP contribution in [0.1, 0.15) is 37.3 Å². The highest BCUT2D eigenvalue weighted by molar-refractivity contribution is 5.55. The van der Waals surface area contributed by atoms with Gasteiger partial charge in [0.05, 0.1) is 6.10 Å². The molecule has 2 fully saturated rings. The molecule has 1 saturated heterocycles. The van der Waals surface area contributed by atoms with Crippen LogP contribution in [0.5, 0.6) is 0 Å². The van der Waals surface area contributed by atoms with Crippen molar-refractivity contribution in [2.45, 2.75) is 51.8 Å². The molecule has 1 unspecified atom stereocenters. The topological polar surface area (TPSA) is 24.5 Å². The zero-order valence-electron chi connectivity index (χ0n) is 12.7. The van der Waals surface area contributed by atoms with E-state index in [1.54, 1.807) is 0 Å². The fourth-order valence-corrected chi connectivity index (χ4v) is 2.92. The first kappa shape index (κ1) is 13.9. The molecule has 1 aliphatic heterocycles. The summed E-state index contributed by atoms with van der Waals surface area (Å²) < 4.78 is 5.77. The number of anilines is 1. The van der Waals surface area contributed by atoms with Gasteiger partial charge in [-0.2, -0.15) is 0 Å². The number of ether oxygens (including phenoxy) is 1. The van der Waals surface area contributed by atoms with Crippen LogP contribution in [0.3, 0.4) is 0 Å². The van der Waals surface area contributed by atoms with Crippen molar-refractivity contribution < 1.29 is 4.74 Å². The smallest absolute Gasteiger partial charge is 0.0721 e. The van der Waals surface area contributed by atoms with Gasteiger partial charge in [0.1, 0.15) is 0 Å². The molecule has 1 atom stereocenters. The highest BCUT2D eigenvalue weighted by Crippen LogP contribution is 2.26. The minimum Gasteiger partial charge on any atom is -0.377 e. The first-order chi connectivity index (χ1) is 9.72. The number of nitrogens with zero attached hydrogens (tertiary/aromatic N) is 1. The van der Waals surface area contributed by atoms with Crippen molar-refractivity contribution in [3.05, 3.63) is 29.3 Å². The van der Waals surface area contributed by atoms with Gasteiger partial charge in [-0.3, -0.25) is 0 Å². The highest BCUT2D eigenvalue weighted by atomic mass is 16.5. The number of hydrogen-bond acceptors (Lipinski definition) is 3. The van der Waals surface area contributed by atoms with E-state index in [4.69, 9.17) is 4.74 Å². The first-order valence-electron chi connectivity index (χ1n) is 7.92. The summed E-state index contributed by atoms with van der Waals surface area (Å²) in [4.78, 5) is 2.50. The summed E-state index contributed by atoms with van der Waals surface area (Å²) >= 11 is 0. The van der Waals surface area contributed by atoms with Gasteiger partial charge in [-0.05, 0) is 44.7 Å². The van der Waals surface area contributed by atoms with E-state index < -0.39 is 0 Å². The predicted octanol–water partition coefficient (Wildman–Crippen LogP) is 2.86. The number of aryl methyl sites for hydroxylation is 1. The predicted molar refractivity (Wildman–Crippen MR) is 83.3 cm³/mol. The van der Waals surface area contributed by atoms with Gasteiger partial charge in [0.25, 0.3) is 0 Å². The number of nitrogens with one attached hydrogen (secondary N) is 1. The van der Waals surface area contributed by atoms with Crippen LogP contribution < -0.4 is 10.2 Å². The summed E-state index contributed by atoms with van der Waals surface area (Å²) in [7, 11) is 0. The molecule has 3 heteroatoms. The van der Waals surface area contributed by atoms with Crippen LogP contribution in [0.25, 0.3) is 0 Å². The average molecular weight is 274 g/mol. The quantitative estimate of drug-likeness (QED) is 0.913. The van der Waals surface area contributed by atoms with E-state index in [2.05, 4.69) is 42.3 Å². The lowest BCUT2D eigenvalue weighted by Crippen LogP contribution is -2.31. The molecule has 3 nitrogen and oxygen atoms in total. The first-order valence-corrected chi connectivity index (χ1v) is 7.92. The van der Waals surface area contributed by atoms with Gasteiger partial charge in [-0.15, -0.1) is 0 Å². The average Bonchev–Trinajstić information content (AvgIpc) is 3.24. The molecule has 1 aromatic rings. The Labute approximate surface area is 122 Å². The fourth-order valence-electron chi connectivity index (χ4n) is 2.92. The van der Waals surface area contributed by atoms with Gasteiger partial charge >= 0.3 is 0 Å². The van der Waals surface area contributed by atoms with Gasteiger partial charge in [0.15, 0.2) is 0 Å². The normalized spacial score (nSPS) is 23.7. The number of benzene rings is 1. The molecule has 3 rings (SSSR count). The molecule has 0 bridgehead atoms. The second kappa shape index (κ2) is 6.15. The minimum atomic E-state index is 0.322. The van der Waals surface area contributed by atoms with Crippen molar-refractivity contribution in [3.63, 3.8) is 0 Å². The summed E-state index contributed by atoms with van der Waals surface area (Å²) in [6, 6.07) is 7.61. The van der Waals surface area contributed by atoms with Crippen LogP contribution in [0.4, 0.5) is 5.69 Å². The second-order valence-electron chi connectivity index (χ2n) is 6.27. The maximum atomic E-state index is 5.77. The third kappa shape index (κ3) is 3.53. The molecule has 1 saturated carbocycles. The van der Waals surface area contributed by atoms with Crippen LogP contribution in [-0.2, 0) is 11.3 Å². The zero-order chi connectivity index (χ0) is 13.9. The van der Waals surface area contributed by atoms with Crippen molar-refractivity contribution in [3.8, 4) is 0 Å². The lowest BCUT2D eigenvalue weighted by molar-refractivity contribution is 0.0821. The van der Waals surface area contributed by atoms with Gasteiger partial charge in [-0.25, -0.2) is 0 Å². The van der Waals surface area contributed by atoms with E-state index in [0.29, 0.717) is 6.10 Å². The monoisotopic (exact) mass is 274 g/mol. The lowest BCUT2D eigenvalue weighted by Gasteiger charge is -2.27. The Balaban J connectivity index is 1.78. The minimum absolute atomic E-state index is 0.322. The highest BCUT2D eigenvalue weighted by Gasteiger charge is 2.22. The molecule has 20 heavy (non-hydrogen) atoms.